The molecule has 2 aromatic heterocycles. The van der Waals surface area contributed by atoms with E-state index in [1.165, 1.54) is 0 Å². The molecule has 0 amide bonds. The van der Waals surface area contributed by atoms with E-state index in [1.807, 2.05) is 42.8 Å². The summed E-state index contributed by atoms with van der Waals surface area (Å²) in [5.41, 5.74) is 3.15. The number of nitrogens with one attached hydrogen (secondary N) is 2. The molecule has 0 spiro atoms. The zero-order chi connectivity index (χ0) is 18.7. The van der Waals surface area contributed by atoms with Crippen LogP contribution in [0, 0.1) is 6.92 Å². The third-order valence-electron chi connectivity index (χ3n) is 4.35. The van der Waals surface area contributed by atoms with Gasteiger partial charge in [-0.3, -0.25) is 4.99 Å². The van der Waals surface area contributed by atoms with Crippen LogP contribution in [0.1, 0.15) is 11.5 Å². The Morgan fingerprint density at radius 3 is 2.63 bits per heavy atom. The summed E-state index contributed by atoms with van der Waals surface area (Å²) in [4.78, 5) is 8.85. The topological polar surface area (TPSA) is 59.2 Å². The van der Waals surface area contributed by atoms with E-state index in [1.54, 1.807) is 7.05 Å². The van der Waals surface area contributed by atoms with Gasteiger partial charge in [-0.2, -0.15) is 0 Å². The number of benzene rings is 1. The third-order valence-corrected chi connectivity index (χ3v) is 5.19. The van der Waals surface area contributed by atoms with Crippen LogP contribution in [-0.2, 0) is 20.1 Å². The molecule has 3 rings (SSSR count). The van der Waals surface area contributed by atoms with Gasteiger partial charge in [-0.05, 0) is 25.1 Å². The molecular weight excluding hydrogens is 498 g/mol. The Balaban J connectivity index is 0.00000261. The van der Waals surface area contributed by atoms with E-state index in [-0.39, 0.29) is 24.0 Å². The van der Waals surface area contributed by atoms with Crippen molar-refractivity contribution < 1.29 is 0 Å². The van der Waals surface area contributed by atoms with Gasteiger partial charge in [0.1, 0.15) is 11.0 Å². The van der Waals surface area contributed by atoms with Gasteiger partial charge < -0.3 is 19.8 Å². The Bertz CT molecular complexity index is 947. The minimum absolute atomic E-state index is 0. The molecule has 6 nitrogen and oxygen atoms in total. The summed E-state index contributed by atoms with van der Waals surface area (Å²) in [5, 5.41) is 7.69. The minimum atomic E-state index is 0. The van der Waals surface area contributed by atoms with Crippen molar-refractivity contribution in [1.82, 2.24) is 24.8 Å². The number of imidazole rings is 1. The number of aliphatic imine (C=N–C) groups is 1. The number of fused-ring (bicyclic) bond motifs is 1. The second-order valence-corrected chi connectivity index (χ2v) is 6.75. The smallest absolute Gasteiger partial charge is 0.191 e. The second kappa shape index (κ2) is 9.66. The van der Waals surface area contributed by atoms with Crippen LogP contribution in [-0.4, -0.2) is 33.7 Å². The molecule has 0 bridgehead atoms. The minimum Gasteiger partial charge on any atom is -0.355 e. The fourth-order valence-corrected chi connectivity index (χ4v) is 3.33. The zero-order valence-corrected chi connectivity index (χ0v) is 19.3. The van der Waals surface area contributed by atoms with Crippen LogP contribution in [0.25, 0.3) is 11.0 Å². The molecule has 1 aromatic carbocycles. The zero-order valence-electron chi connectivity index (χ0n) is 15.5. The Kier molecular flexibility index (Phi) is 7.81. The first-order chi connectivity index (χ1) is 12.5. The van der Waals surface area contributed by atoms with Gasteiger partial charge in [0.15, 0.2) is 5.96 Å². The normalized spacial score (nSPS) is 11.5. The highest BCUT2D eigenvalue weighted by molar-refractivity contribution is 14.0. The number of halogens is 3. The number of para-hydroxylation sites is 2. The maximum atomic E-state index is 6.10. The van der Waals surface area contributed by atoms with E-state index < -0.39 is 0 Å². The summed E-state index contributed by atoms with van der Waals surface area (Å²) in [6, 6.07) is 10.0. The lowest BCUT2D eigenvalue weighted by Gasteiger charge is -2.13. The maximum absolute atomic E-state index is 6.10. The second-order valence-electron chi connectivity index (χ2n) is 5.99. The number of aromatic nitrogens is 3. The lowest BCUT2D eigenvalue weighted by atomic mass is 10.3. The molecule has 2 N–H and O–H groups in total. The Hall–Kier alpha value is -1.45. The highest BCUT2D eigenvalue weighted by atomic mass is 127. The first-order valence-corrected chi connectivity index (χ1v) is 9.13. The number of aryl methyl sites for hydroxylation is 1. The molecule has 0 saturated heterocycles. The van der Waals surface area contributed by atoms with Gasteiger partial charge in [0, 0.05) is 32.9 Å². The lowest BCUT2D eigenvalue weighted by molar-refractivity contribution is 0.657. The first-order valence-electron chi connectivity index (χ1n) is 8.37. The highest BCUT2D eigenvalue weighted by Gasteiger charge is 2.10. The third kappa shape index (κ3) is 4.89. The van der Waals surface area contributed by atoms with E-state index in [0.717, 1.165) is 41.6 Å². The van der Waals surface area contributed by atoms with Gasteiger partial charge >= 0.3 is 0 Å². The molecule has 0 aliphatic carbocycles. The molecule has 0 radical (unpaired) electrons. The van der Waals surface area contributed by atoms with E-state index in [2.05, 4.69) is 31.2 Å². The molecular formula is C18H23Cl2IN6. The number of guanidine groups is 1. The predicted octanol–water partition coefficient (Wildman–Crippen LogP) is 3.97. The number of hydrogen-bond donors (Lipinski definition) is 2. The van der Waals surface area contributed by atoms with Gasteiger partial charge in [-0.15, -0.1) is 24.0 Å². The van der Waals surface area contributed by atoms with Crippen LogP contribution < -0.4 is 10.6 Å². The van der Waals surface area contributed by atoms with Gasteiger partial charge in [-0.1, -0.05) is 35.3 Å². The van der Waals surface area contributed by atoms with Crippen molar-refractivity contribution in [2.75, 3.05) is 13.6 Å². The molecule has 27 heavy (non-hydrogen) atoms. The van der Waals surface area contributed by atoms with Crippen LogP contribution >= 0.6 is 47.2 Å². The summed E-state index contributed by atoms with van der Waals surface area (Å²) in [6.45, 7) is 4.13. The van der Waals surface area contributed by atoms with Crippen molar-refractivity contribution in [3.63, 3.8) is 0 Å². The van der Waals surface area contributed by atoms with Gasteiger partial charge in [0.25, 0.3) is 0 Å². The van der Waals surface area contributed by atoms with Crippen LogP contribution in [0.2, 0.25) is 10.2 Å². The number of nitrogens with zero attached hydrogens (tertiary/aromatic N) is 4. The van der Waals surface area contributed by atoms with Crippen molar-refractivity contribution in [3.8, 4) is 0 Å². The summed E-state index contributed by atoms with van der Waals surface area (Å²) >= 11 is 12.2. The van der Waals surface area contributed by atoms with Crippen LogP contribution in [0.4, 0.5) is 0 Å². The molecule has 3 aromatic rings. The van der Waals surface area contributed by atoms with E-state index in [9.17, 15) is 0 Å². The standard InChI is InChI=1S/C18H22Cl2N6.HI/c1-12-24-15-6-4-5-7-16(15)26(12)9-8-22-18(21-2)23-11-13-10-14(19)17(20)25(13)3;/h4-7,10H,8-9,11H2,1-3H3,(H2,21,22,23);1H. The molecule has 0 saturated carbocycles. The number of rotatable bonds is 5. The summed E-state index contributed by atoms with van der Waals surface area (Å²) in [5.74, 6) is 1.73. The quantitative estimate of drug-likeness (QED) is 0.304. The fraction of sp³-hybridized carbons (Fsp3) is 0.333. The van der Waals surface area contributed by atoms with E-state index in [4.69, 9.17) is 23.2 Å². The molecule has 146 valence electrons. The van der Waals surface area contributed by atoms with Crippen molar-refractivity contribution in [2.45, 2.75) is 20.0 Å². The molecule has 0 atom stereocenters. The van der Waals surface area contributed by atoms with E-state index >= 15 is 0 Å². The van der Waals surface area contributed by atoms with E-state index in [0.29, 0.717) is 16.7 Å². The molecule has 0 fully saturated rings. The Morgan fingerprint density at radius 2 is 1.96 bits per heavy atom. The molecule has 0 aliphatic rings. The molecule has 9 heteroatoms. The average Bonchev–Trinajstić information content (AvgIpc) is 3.09. The maximum Gasteiger partial charge on any atom is 0.191 e. The fourth-order valence-electron chi connectivity index (χ4n) is 2.92. The lowest BCUT2D eigenvalue weighted by Crippen LogP contribution is -2.38. The molecule has 2 heterocycles. The monoisotopic (exact) mass is 520 g/mol. The van der Waals surface area contributed by atoms with Crippen molar-refractivity contribution >= 4 is 64.2 Å². The molecule has 0 unspecified atom stereocenters. The summed E-state index contributed by atoms with van der Waals surface area (Å²) in [6.07, 6.45) is 0. The van der Waals surface area contributed by atoms with Crippen molar-refractivity contribution in [2.24, 2.45) is 12.0 Å². The largest absolute Gasteiger partial charge is 0.355 e. The Labute approximate surface area is 186 Å². The average molecular weight is 521 g/mol. The first kappa shape index (κ1) is 21.8. The van der Waals surface area contributed by atoms with Crippen LogP contribution in [0.5, 0.6) is 0 Å². The highest BCUT2D eigenvalue weighted by Crippen LogP contribution is 2.24. The van der Waals surface area contributed by atoms with Crippen LogP contribution in [0.3, 0.4) is 0 Å². The Morgan fingerprint density at radius 1 is 1.22 bits per heavy atom. The number of hydrogen-bond acceptors (Lipinski definition) is 2. The SMILES string of the molecule is CN=C(NCCn1c(C)nc2ccccc21)NCc1cc(Cl)c(Cl)n1C.I. The van der Waals surface area contributed by atoms with Crippen molar-refractivity contribution in [1.29, 1.82) is 0 Å². The predicted molar refractivity (Wildman–Crippen MR) is 124 cm³/mol. The van der Waals surface area contributed by atoms with Gasteiger partial charge in [0.05, 0.1) is 22.6 Å². The van der Waals surface area contributed by atoms with Crippen LogP contribution in [0.15, 0.2) is 35.3 Å². The van der Waals surface area contributed by atoms with Crippen molar-refractivity contribution in [3.05, 3.63) is 52.0 Å². The van der Waals surface area contributed by atoms with Gasteiger partial charge in [-0.25, -0.2) is 4.98 Å². The molecule has 0 aliphatic heterocycles. The van der Waals surface area contributed by atoms with Gasteiger partial charge in [0.2, 0.25) is 0 Å². The summed E-state index contributed by atoms with van der Waals surface area (Å²) < 4.78 is 4.05. The summed E-state index contributed by atoms with van der Waals surface area (Å²) in [7, 11) is 3.63.